The summed E-state index contributed by atoms with van der Waals surface area (Å²) in [5, 5.41) is 21.4. The highest BCUT2D eigenvalue weighted by atomic mass is 19.1. The molecule has 0 amide bonds. The largest absolute Gasteiger partial charge is 0.387 e. The molecule has 1 atom stereocenters. The van der Waals surface area contributed by atoms with Gasteiger partial charge in [0.1, 0.15) is 17.3 Å². The first-order valence-corrected chi connectivity index (χ1v) is 7.78. The Morgan fingerprint density at radius 1 is 1.33 bits per heavy atom. The topological polar surface area (TPSA) is 79.5 Å². The molecule has 1 heterocycles. The molecule has 1 aromatic heterocycles. The maximum absolute atomic E-state index is 13.0. The lowest BCUT2D eigenvalue weighted by atomic mass is 10.1. The van der Waals surface area contributed by atoms with Gasteiger partial charge in [0.15, 0.2) is 0 Å². The number of halogens is 1. The van der Waals surface area contributed by atoms with Gasteiger partial charge in [0.05, 0.1) is 11.0 Å². The Morgan fingerprint density at radius 2 is 2.00 bits per heavy atom. The van der Waals surface area contributed by atoms with Crippen LogP contribution in [0, 0.1) is 22.9 Å². The molecule has 1 aliphatic carbocycles. The van der Waals surface area contributed by atoms with Gasteiger partial charge in [0.2, 0.25) is 0 Å². The molecule has 0 aliphatic heterocycles. The second-order valence-corrected chi connectivity index (χ2v) is 5.98. The number of aryl methyl sites for hydroxylation is 1. The van der Waals surface area contributed by atoms with Gasteiger partial charge in [-0.25, -0.2) is 9.37 Å². The summed E-state index contributed by atoms with van der Waals surface area (Å²) in [5.74, 6) is 0.263. The summed E-state index contributed by atoms with van der Waals surface area (Å²) in [6.07, 6.45) is 1.20. The second-order valence-electron chi connectivity index (χ2n) is 5.98. The maximum Gasteiger partial charge on any atom is 0.290 e. The lowest BCUT2D eigenvalue weighted by molar-refractivity contribution is -0.385. The Hall–Kier alpha value is -2.54. The molecular formula is C17H18FN3O3. The molecule has 24 heavy (non-hydrogen) atoms. The van der Waals surface area contributed by atoms with E-state index in [4.69, 9.17) is 0 Å². The Bertz CT molecular complexity index is 747. The number of anilines is 1. The van der Waals surface area contributed by atoms with Gasteiger partial charge in [0.25, 0.3) is 5.69 Å². The van der Waals surface area contributed by atoms with Crippen LogP contribution in [0.1, 0.15) is 30.2 Å². The molecule has 1 aromatic carbocycles. The number of nitrogens with zero attached hydrogens (tertiary/aromatic N) is 3. The van der Waals surface area contributed by atoms with Crippen LogP contribution in [0.25, 0.3) is 0 Å². The van der Waals surface area contributed by atoms with Gasteiger partial charge < -0.3 is 10.0 Å². The molecule has 0 saturated heterocycles. The first-order valence-electron chi connectivity index (χ1n) is 7.78. The Kier molecular flexibility index (Phi) is 4.44. The SMILES string of the molecule is Cc1nc(N(CC(O)c2ccc(F)cc2)C2CC2)ccc1[N+](=O)[O-]. The number of aromatic nitrogens is 1. The highest BCUT2D eigenvalue weighted by molar-refractivity contribution is 5.48. The third-order valence-electron chi connectivity index (χ3n) is 4.15. The van der Waals surface area contributed by atoms with Crippen LogP contribution in [-0.4, -0.2) is 27.6 Å². The van der Waals surface area contributed by atoms with Crippen molar-refractivity contribution in [3.63, 3.8) is 0 Å². The van der Waals surface area contributed by atoms with Crippen molar-refractivity contribution >= 4 is 11.5 Å². The fraction of sp³-hybridized carbons (Fsp3) is 0.353. The first kappa shape index (κ1) is 16.3. The highest BCUT2D eigenvalue weighted by Crippen LogP contribution is 2.33. The lowest BCUT2D eigenvalue weighted by Crippen LogP contribution is -2.31. The van der Waals surface area contributed by atoms with E-state index in [0.29, 0.717) is 23.6 Å². The van der Waals surface area contributed by atoms with Crippen molar-refractivity contribution in [2.75, 3.05) is 11.4 Å². The molecule has 0 spiro atoms. The molecule has 1 N–H and O–H groups in total. The van der Waals surface area contributed by atoms with Crippen LogP contribution in [0.3, 0.4) is 0 Å². The number of aliphatic hydroxyl groups excluding tert-OH is 1. The Morgan fingerprint density at radius 3 is 2.54 bits per heavy atom. The minimum Gasteiger partial charge on any atom is -0.387 e. The van der Waals surface area contributed by atoms with E-state index in [1.165, 1.54) is 18.2 Å². The van der Waals surface area contributed by atoms with Gasteiger partial charge in [0, 0.05) is 18.7 Å². The van der Waals surface area contributed by atoms with Crippen molar-refractivity contribution < 1.29 is 14.4 Å². The van der Waals surface area contributed by atoms with Crippen molar-refractivity contribution in [2.24, 2.45) is 0 Å². The van der Waals surface area contributed by atoms with Gasteiger partial charge in [-0.15, -0.1) is 0 Å². The molecule has 2 aromatic rings. The summed E-state index contributed by atoms with van der Waals surface area (Å²) in [6.45, 7) is 1.91. The molecule has 6 nitrogen and oxygen atoms in total. The number of hydrogen-bond acceptors (Lipinski definition) is 5. The molecular weight excluding hydrogens is 313 g/mol. The molecule has 0 bridgehead atoms. The average Bonchev–Trinajstić information content (AvgIpc) is 3.37. The number of aliphatic hydroxyl groups is 1. The molecule has 0 radical (unpaired) electrons. The third-order valence-corrected chi connectivity index (χ3v) is 4.15. The van der Waals surface area contributed by atoms with Crippen molar-refractivity contribution in [3.8, 4) is 0 Å². The quantitative estimate of drug-likeness (QED) is 0.650. The van der Waals surface area contributed by atoms with E-state index in [9.17, 15) is 19.6 Å². The van der Waals surface area contributed by atoms with Gasteiger partial charge >= 0.3 is 0 Å². The van der Waals surface area contributed by atoms with Crippen LogP contribution in [-0.2, 0) is 0 Å². The number of nitro groups is 1. The van der Waals surface area contributed by atoms with Crippen molar-refractivity contribution in [3.05, 3.63) is 63.6 Å². The Labute approximate surface area is 138 Å². The number of pyridine rings is 1. The van der Waals surface area contributed by atoms with Gasteiger partial charge in [-0.3, -0.25) is 10.1 Å². The van der Waals surface area contributed by atoms with Crippen molar-refractivity contribution in [2.45, 2.75) is 31.9 Å². The Balaban J connectivity index is 1.81. The fourth-order valence-corrected chi connectivity index (χ4v) is 2.69. The van der Waals surface area contributed by atoms with Crippen LogP contribution in [0.15, 0.2) is 36.4 Å². The zero-order valence-electron chi connectivity index (χ0n) is 13.2. The van der Waals surface area contributed by atoms with Crippen LogP contribution >= 0.6 is 0 Å². The lowest BCUT2D eigenvalue weighted by Gasteiger charge is -2.26. The molecule has 126 valence electrons. The summed E-state index contributed by atoms with van der Waals surface area (Å²) in [6, 6.07) is 9.06. The normalized spacial score (nSPS) is 15.1. The van der Waals surface area contributed by atoms with E-state index in [-0.39, 0.29) is 17.5 Å². The molecule has 1 saturated carbocycles. The van der Waals surface area contributed by atoms with Crippen LogP contribution in [0.5, 0.6) is 0 Å². The number of hydrogen-bond donors (Lipinski definition) is 1. The summed E-state index contributed by atoms with van der Waals surface area (Å²) < 4.78 is 13.0. The molecule has 3 rings (SSSR count). The summed E-state index contributed by atoms with van der Waals surface area (Å²) >= 11 is 0. The summed E-state index contributed by atoms with van der Waals surface area (Å²) in [5.41, 5.74) is 0.952. The monoisotopic (exact) mass is 331 g/mol. The summed E-state index contributed by atoms with van der Waals surface area (Å²) in [4.78, 5) is 16.8. The predicted molar refractivity (Wildman–Crippen MR) is 87.4 cm³/mol. The minimum absolute atomic E-state index is 0.0198. The van der Waals surface area contributed by atoms with Gasteiger partial charge in [-0.2, -0.15) is 0 Å². The molecule has 7 heteroatoms. The van der Waals surface area contributed by atoms with E-state index in [1.54, 1.807) is 25.1 Å². The third kappa shape index (κ3) is 3.51. The standard InChI is InChI=1S/C17H18FN3O3/c1-11-15(21(23)24)8-9-17(19-11)20(14-6-7-14)10-16(22)12-2-4-13(18)5-3-12/h2-5,8-9,14,16,22H,6-7,10H2,1H3. The zero-order chi connectivity index (χ0) is 17.3. The van der Waals surface area contributed by atoms with Crippen molar-refractivity contribution in [1.29, 1.82) is 0 Å². The van der Waals surface area contributed by atoms with Crippen LogP contribution in [0.4, 0.5) is 15.9 Å². The van der Waals surface area contributed by atoms with E-state index >= 15 is 0 Å². The number of benzene rings is 1. The highest BCUT2D eigenvalue weighted by Gasteiger charge is 2.32. The van der Waals surface area contributed by atoms with E-state index < -0.39 is 11.0 Å². The maximum atomic E-state index is 13.0. The second kappa shape index (κ2) is 6.52. The molecule has 1 unspecified atom stereocenters. The molecule has 1 aliphatic rings. The van der Waals surface area contributed by atoms with E-state index in [1.807, 2.05) is 4.90 Å². The fourth-order valence-electron chi connectivity index (χ4n) is 2.69. The van der Waals surface area contributed by atoms with E-state index in [0.717, 1.165) is 12.8 Å². The van der Waals surface area contributed by atoms with Crippen LogP contribution < -0.4 is 4.90 Å². The van der Waals surface area contributed by atoms with Gasteiger partial charge in [-0.1, -0.05) is 12.1 Å². The minimum atomic E-state index is -0.788. The predicted octanol–water partition coefficient (Wildman–Crippen LogP) is 3.14. The van der Waals surface area contributed by atoms with Crippen molar-refractivity contribution in [1.82, 2.24) is 4.98 Å². The smallest absolute Gasteiger partial charge is 0.290 e. The first-order chi connectivity index (χ1) is 11.5. The zero-order valence-corrected chi connectivity index (χ0v) is 13.2. The average molecular weight is 331 g/mol. The van der Waals surface area contributed by atoms with Crippen LogP contribution in [0.2, 0.25) is 0 Å². The van der Waals surface area contributed by atoms with E-state index in [2.05, 4.69) is 4.98 Å². The summed E-state index contributed by atoms with van der Waals surface area (Å²) in [7, 11) is 0. The molecule has 1 fully saturated rings. The van der Waals surface area contributed by atoms with Gasteiger partial charge in [-0.05, 0) is 43.5 Å². The number of rotatable bonds is 6.